The maximum absolute atomic E-state index is 6.04. The zero-order chi connectivity index (χ0) is 15.1. The van der Waals surface area contributed by atoms with E-state index >= 15 is 0 Å². The topological polar surface area (TPSA) is 67.6 Å². The minimum Gasteiger partial charge on any atom is -0.374 e. The van der Waals surface area contributed by atoms with Crippen molar-refractivity contribution >= 4 is 5.96 Å². The summed E-state index contributed by atoms with van der Waals surface area (Å²) < 4.78 is 8.09. The SMILES string of the molecule is CCn1cnnc1CNC(=NC)N1CC2C3CCC(O3)C2C1. The number of aliphatic imine (C=N–C) groups is 1. The molecule has 2 bridgehead atoms. The fraction of sp³-hybridized carbons (Fsp3) is 0.800. The van der Waals surface area contributed by atoms with Gasteiger partial charge in [-0.05, 0) is 19.8 Å². The lowest BCUT2D eigenvalue weighted by atomic mass is 9.82. The van der Waals surface area contributed by atoms with Crippen LogP contribution in [-0.4, -0.2) is 58.0 Å². The van der Waals surface area contributed by atoms with Crippen molar-refractivity contribution in [3.63, 3.8) is 0 Å². The van der Waals surface area contributed by atoms with E-state index in [1.807, 2.05) is 11.6 Å². The van der Waals surface area contributed by atoms with Gasteiger partial charge in [0.25, 0.3) is 0 Å². The highest BCUT2D eigenvalue weighted by Crippen LogP contribution is 2.47. The third-order valence-electron chi connectivity index (χ3n) is 5.41. The number of nitrogens with one attached hydrogen (secondary N) is 1. The third-order valence-corrected chi connectivity index (χ3v) is 5.41. The standard InChI is InChI=1S/C15H24N6O/c1-3-20-9-18-19-14(20)6-17-15(16-2)21-7-10-11(8-21)13-5-4-12(10)22-13/h9-13H,3-8H2,1-2H3,(H,16,17). The summed E-state index contributed by atoms with van der Waals surface area (Å²) >= 11 is 0. The van der Waals surface area contributed by atoms with Gasteiger partial charge in [-0.2, -0.15) is 0 Å². The van der Waals surface area contributed by atoms with Crippen LogP contribution in [0.3, 0.4) is 0 Å². The molecule has 0 saturated carbocycles. The molecular weight excluding hydrogens is 280 g/mol. The first-order chi connectivity index (χ1) is 10.8. The van der Waals surface area contributed by atoms with Gasteiger partial charge in [-0.3, -0.25) is 4.99 Å². The number of hydrogen-bond acceptors (Lipinski definition) is 4. The highest BCUT2D eigenvalue weighted by atomic mass is 16.5. The Morgan fingerprint density at radius 3 is 2.73 bits per heavy atom. The van der Waals surface area contributed by atoms with E-state index in [1.165, 1.54) is 12.8 Å². The molecule has 3 saturated heterocycles. The van der Waals surface area contributed by atoms with Crippen molar-refractivity contribution < 1.29 is 4.74 Å². The minimum absolute atomic E-state index is 0.487. The fourth-order valence-electron chi connectivity index (χ4n) is 4.30. The van der Waals surface area contributed by atoms with Gasteiger partial charge in [0, 0.05) is 38.5 Å². The molecule has 1 aromatic heterocycles. The molecule has 3 aliphatic heterocycles. The Hall–Kier alpha value is -1.63. The minimum atomic E-state index is 0.487. The number of hydrogen-bond donors (Lipinski definition) is 1. The van der Waals surface area contributed by atoms with Crippen LogP contribution >= 0.6 is 0 Å². The monoisotopic (exact) mass is 304 g/mol. The first-order valence-electron chi connectivity index (χ1n) is 8.28. The van der Waals surface area contributed by atoms with Crippen LogP contribution in [0, 0.1) is 11.8 Å². The molecule has 1 aromatic rings. The van der Waals surface area contributed by atoms with Crippen LogP contribution in [0.2, 0.25) is 0 Å². The molecule has 0 radical (unpaired) electrons. The van der Waals surface area contributed by atoms with Crippen LogP contribution in [0.1, 0.15) is 25.6 Å². The number of aromatic nitrogens is 3. The Balaban J connectivity index is 1.39. The molecule has 3 aliphatic rings. The lowest BCUT2D eigenvalue weighted by Crippen LogP contribution is -2.41. The van der Waals surface area contributed by atoms with E-state index in [0.29, 0.717) is 30.6 Å². The van der Waals surface area contributed by atoms with E-state index in [9.17, 15) is 0 Å². The Bertz CT molecular complexity index is 552. The Kier molecular flexibility index (Phi) is 3.52. The van der Waals surface area contributed by atoms with Crippen LogP contribution in [0.4, 0.5) is 0 Å². The van der Waals surface area contributed by atoms with Crippen molar-refractivity contribution in [3.05, 3.63) is 12.2 Å². The number of nitrogens with zero attached hydrogens (tertiary/aromatic N) is 5. The molecule has 1 N–H and O–H groups in total. The van der Waals surface area contributed by atoms with E-state index < -0.39 is 0 Å². The zero-order valence-corrected chi connectivity index (χ0v) is 13.3. The van der Waals surface area contributed by atoms with Crippen LogP contribution < -0.4 is 5.32 Å². The smallest absolute Gasteiger partial charge is 0.194 e. The number of rotatable bonds is 3. The Morgan fingerprint density at radius 2 is 2.09 bits per heavy atom. The number of likely N-dealkylation sites (tertiary alicyclic amines) is 1. The molecule has 4 atom stereocenters. The summed E-state index contributed by atoms with van der Waals surface area (Å²) in [5.74, 6) is 3.30. The quantitative estimate of drug-likeness (QED) is 0.650. The molecule has 4 unspecified atom stereocenters. The summed E-state index contributed by atoms with van der Waals surface area (Å²) in [6.07, 6.45) is 5.23. The number of fused-ring (bicyclic) bond motifs is 5. The van der Waals surface area contributed by atoms with Crippen LogP contribution in [0.25, 0.3) is 0 Å². The molecule has 7 heteroatoms. The molecule has 7 nitrogen and oxygen atoms in total. The predicted octanol–water partition coefficient (Wildman–Crippen LogP) is 0.483. The van der Waals surface area contributed by atoms with Gasteiger partial charge in [0.15, 0.2) is 11.8 Å². The van der Waals surface area contributed by atoms with Crippen molar-refractivity contribution in [1.29, 1.82) is 0 Å². The number of aryl methyl sites for hydroxylation is 1. The lowest BCUT2D eigenvalue weighted by Gasteiger charge is -2.23. The second-order valence-electron chi connectivity index (χ2n) is 6.46. The second kappa shape index (κ2) is 5.53. The average molecular weight is 304 g/mol. The van der Waals surface area contributed by atoms with Crippen molar-refractivity contribution in [2.24, 2.45) is 16.8 Å². The largest absolute Gasteiger partial charge is 0.374 e. The van der Waals surface area contributed by atoms with Crippen molar-refractivity contribution in [2.75, 3.05) is 20.1 Å². The molecule has 0 amide bonds. The van der Waals surface area contributed by atoms with Crippen molar-refractivity contribution in [1.82, 2.24) is 25.0 Å². The molecule has 3 fully saturated rings. The first-order valence-corrected chi connectivity index (χ1v) is 8.28. The maximum atomic E-state index is 6.04. The maximum Gasteiger partial charge on any atom is 0.194 e. The molecular formula is C15H24N6O. The van der Waals surface area contributed by atoms with Crippen molar-refractivity contribution in [2.45, 2.75) is 45.1 Å². The van der Waals surface area contributed by atoms with Gasteiger partial charge in [-0.1, -0.05) is 0 Å². The number of guanidine groups is 1. The predicted molar refractivity (Wildman–Crippen MR) is 82.3 cm³/mol. The van der Waals surface area contributed by atoms with Crippen LogP contribution in [0.15, 0.2) is 11.3 Å². The third kappa shape index (κ3) is 2.18. The highest BCUT2D eigenvalue weighted by molar-refractivity contribution is 5.80. The van der Waals surface area contributed by atoms with E-state index in [2.05, 4.69) is 32.3 Å². The summed E-state index contributed by atoms with van der Waals surface area (Å²) in [5, 5.41) is 11.6. The lowest BCUT2D eigenvalue weighted by molar-refractivity contribution is 0.0767. The van der Waals surface area contributed by atoms with Gasteiger partial charge >= 0.3 is 0 Å². The normalized spacial score (nSPS) is 33.5. The molecule has 0 aliphatic carbocycles. The van der Waals surface area contributed by atoms with Gasteiger partial charge < -0.3 is 19.5 Å². The molecule has 22 heavy (non-hydrogen) atoms. The van der Waals surface area contributed by atoms with E-state index in [1.54, 1.807) is 6.33 Å². The fourth-order valence-corrected chi connectivity index (χ4v) is 4.30. The van der Waals surface area contributed by atoms with Crippen LogP contribution in [0.5, 0.6) is 0 Å². The van der Waals surface area contributed by atoms with E-state index in [0.717, 1.165) is 31.4 Å². The summed E-state index contributed by atoms with van der Waals surface area (Å²) in [6.45, 7) is 5.77. The van der Waals surface area contributed by atoms with Gasteiger partial charge in [0.05, 0.1) is 18.8 Å². The van der Waals surface area contributed by atoms with Crippen molar-refractivity contribution in [3.8, 4) is 0 Å². The molecule has 4 heterocycles. The Labute approximate surface area is 130 Å². The summed E-state index contributed by atoms with van der Waals surface area (Å²) in [6, 6.07) is 0. The second-order valence-corrected chi connectivity index (χ2v) is 6.46. The van der Waals surface area contributed by atoms with Gasteiger partial charge in [-0.25, -0.2) is 0 Å². The van der Waals surface area contributed by atoms with E-state index in [4.69, 9.17) is 4.74 Å². The average Bonchev–Trinajstić information content (AvgIpc) is 3.29. The van der Waals surface area contributed by atoms with Crippen LogP contribution in [-0.2, 0) is 17.8 Å². The summed E-state index contributed by atoms with van der Waals surface area (Å²) in [4.78, 5) is 6.84. The summed E-state index contributed by atoms with van der Waals surface area (Å²) in [5.41, 5.74) is 0. The van der Waals surface area contributed by atoms with E-state index in [-0.39, 0.29) is 0 Å². The highest BCUT2D eigenvalue weighted by Gasteiger charge is 2.53. The molecule has 0 aromatic carbocycles. The van der Waals surface area contributed by atoms with Gasteiger partial charge in [-0.15, -0.1) is 10.2 Å². The zero-order valence-electron chi connectivity index (χ0n) is 13.3. The molecule has 0 spiro atoms. The van der Waals surface area contributed by atoms with Gasteiger partial charge in [0.2, 0.25) is 0 Å². The summed E-state index contributed by atoms with van der Waals surface area (Å²) in [7, 11) is 1.85. The molecule has 4 rings (SSSR count). The number of ether oxygens (including phenoxy) is 1. The molecule has 120 valence electrons. The van der Waals surface area contributed by atoms with Gasteiger partial charge in [0.1, 0.15) is 6.33 Å². The first kappa shape index (κ1) is 14.0. The Morgan fingerprint density at radius 1 is 1.36 bits per heavy atom.